The van der Waals surface area contributed by atoms with Crippen molar-refractivity contribution in [3.05, 3.63) is 69.9 Å². The Hall–Kier alpha value is -1.72. The van der Waals surface area contributed by atoms with Gasteiger partial charge in [-0.1, -0.05) is 34.1 Å². The maximum Gasteiger partial charge on any atom is 0.169 e. The number of rotatable bonds is 3. The summed E-state index contributed by atoms with van der Waals surface area (Å²) in [4.78, 5) is 0. The Labute approximate surface area is 128 Å². The molecule has 0 saturated heterocycles. The van der Waals surface area contributed by atoms with Crippen molar-refractivity contribution >= 4 is 26.9 Å². The van der Waals surface area contributed by atoms with Gasteiger partial charge in [0.1, 0.15) is 11.6 Å². The van der Waals surface area contributed by atoms with Gasteiger partial charge in [0, 0.05) is 9.86 Å². The second-order valence-corrected chi connectivity index (χ2v) is 5.55. The molecule has 1 heterocycles. The molecular formula is C16H12BrF2NO. The maximum atomic E-state index is 13.7. The van der Waals surface area contributed by atoms with Crippen LogP contribution in [0.3, 0.4) is 0 Å². The Bertz CT molecular complexity index is 800. The number of hydrogen-bond acceptors (Lipinski definition) is 2. The van der Waals surface area contributed by atoms with Crippen LogP contribution in [0.1, 0.15) is 17.4 Å². The first kappa shape index (κ1) is 14.2. The van der Waals surface area contributed by atoms with Gasteiger partial charge in [-0.3, -0.25) is 0 Å². The van der Waals surface area contributed by atoms with Crippen LogP contribution in [0.25, 0.3) is 11.0 Å². The minimum Gasteiger partial charge on any atom is -0.456 e. The molecule has 3 rings (SSSR count). The van der Waals surface area contributed by atoms with Gasteiger partial charge in [0.2, 0.25) is 0 Å². The summed E-state index contributed by atoms with van der Waals surface area (Å²) in [5, 5.41) is 3.80. The summed E-state index contributed by atoms with van der Waals surface area (Å²) >= 11 is 3.35. The highest BCUT2D eigenvalue weighted by Crippen LogP contribution is 2.33. The van der Waals surface area contributed by atoms with Crippen LogP contribution in [0.2, 0.25) is 0 Å². The topological polar surface area (TPSA) is 25.2 Å². The summed E-state index contributed by atoms with van der Waals surface area (Å²) in [7, 11) is 1.77. The lowest BCUT2D eigenvalue weighted by Gasteiger charge is -2.15. The van der Waals surface area contributed by atoms with E-state index >= 15 is 0 Å². The van der Waals surface area contributed by atoms with Crippen molar-refractivity contribution in [1.82, 2.24) is 5.32 Å². The molecule has 5 heteroatoms. The van der Waals surface area contributed by atoms with E-state index in [9.17, 15) is 8.78 Å². The van der Waals surface area contributed by atoms with E-state index < -0.39 is 5.82 Å². The molecule has 1 aromatic heterocycles. The second-order valence-electron chi connectivity index (χ2n) is 4.69. The van der Waals surface area contributed by atoms with Crippen molar-refractivity contribution in [3.63, 3.8) is 0 Å². The Balaban J connectivity index is 2.11. The standard InChI is InChI=1S/C16H12BrF2NO/c1-20-15(11-6-5-10(18)8-12(11)17)14-7-9-3-2-4-13(19)16(9)21-14/h2-8,15,20H,1H3. The van der Waals surface area contributed by atoms with E-state index in [0.29, 0.717) is 15.6 Å². The zero-order valence-electron chi connectivity index (χ0n) is 11.2. The number of nitrogens with one attached hydrogen (secondary N) is 1. The lowest BCUT2D eigenvalue weighted by molar-refractivity contribution is 0.475. The molecule has 108 valence electrons. The maximum absolute atomic E-state index is 13.7. The van der Waals surface area contributed by atoms with Gasteiger partial charge in [0.15, 0.2) is 11.4 Å². The Morgan fingerprint density at radius 2 is 1.95 bits per heavy atom. The molecule has 21 heavy (non-hydrogen) atoms. The lowest BCUT2D eigenvalue weighted by Crippen LogP contribution is -2.17. The summed E-state index contributed by atoms with van der Waals surface area (Å²) in [6.45, 7) is 0. The summed E-state index contributed by atoms with van der Waals surface area (Å²) in [5.74, 6) is -0.146. The molecule has 1 atom stereocenters. The highest BCUT2D eigenvalue weighted by molar-refractivity contribution is 9.10. The molecule has 0 fully saturated rings. The van der Waals surface area contributed by atoms with Gasteiger partial charge in [-0.15, -0.1) is 0 Å². The van der Waals surface area contributed by atoms with Crippen molar-refractivity contribution < 1.29 is 13.2 Å². The van der Waals surface area contributed by atoms with Crippen LogP contribution >= 0.6 is 15.9 Å². The van der Waals surface area contributed by atoms with Crippen molar-refractivity contribution in [1.29, 1.82) is 0 Å². The normalized spacial score (nSPS) is 12.8. The number of para-hydroxylation sites is 1. The Morgan fingerprint density at radius 1 is 1.14 bits per heavy atom. The van der Waals surface area contributed by atoms with Crippen LogP contribution in [-0.4, -0.2) is 7.05 Å². The molecule has 2 nitrogen and oxygen atoms in total. The van der Waals surface area contributed by atoms with Gasteiger partial charge in [-0.05, 0) is 36.9 Å². The number of halogens is 3. The van der Waals surface area contributed by atoms with Crippen LogP contribution in [0.15, 0.2) is 51.4 Å². The monoisotopic (exact) mass is 351 g/mol. The molecule has 0 aliphatic carbocycles. The van der Waals surface area contributed by atoms with Gasteiger partial charge in [-0.2, -0.15) is 0 Å². The smallest absolute Gasteiger partial charge is 0.169 e. The van der Waals surface area contributed by atoms with E-state index in [-0.39, 0.29) is 17.4 Å². The van der Waals surface area contributed by atoms with Crippen LogP contribution in [-0.2, 0) is 0 Å². The van der Waals surface area contributed by atoms with Gasteiger partial charge < -0.3 is 9.73 Å². The highest BCUT2D eigenvalue weighted by Gasteiger charge is 2.20. The molecule has 2 aromatic carbocycles. The van der Waals surface area contributed by atoms with Crippen molar-refractivity contribution in [3.8, 4) is 0 Å². The predicted molar refractivity (Wildman–Crippen MR) is 81.2 cm³/mol. The first-order valence-corrected chi connectivity index (χ1v) is 7.19. The first-order chi connectivity index (χ1) is 10.1. The fourth-order valence-corrected chi connectivity index (χ4v) is 2.96. The minimum absolute atomic E-state index is 0.228. The highest BCUT2D eigenvalue weighted by atomic mass is 79.9. The molecule has 0 radical (unpaired) electrons. The summed E-state index contributed by atoms with van der Waals surface area (Å²) in [6.07, 6.45) is 0. The zero-order chi connectivity index (χ0) is 15.0. The summed E-state index contributed by atoms with van der Waals surface area (Å²) < 4.78 is 33.2. The van der Waals surface area contributed by atoms with Gasteiger partial charge in [-0.25, -0.2) is 8.78 Å². The number of fused-ring (bicyclic) bond motifs is 1. The molecule has 3 aromatic rings. The zero-order valence-corrected chi connectivity index (χ0v) is 12.7. The molecule has 0 aliphatic rings. The van der Waals surface area contributed by atoms with Gasteiger partial charge in [0.25, 0.3) is 0 Å². The van der Waals surface area contributed by atoms with Crippen LogP contribution in [0.5, 0.6) is 0 Å². The largest absolute Gasteiger partial charge is 0.456 e. The SMILES string of the molecule is CNC(c1cc2cccc(F)c2o1)c1ccc(F)cc1Br. The third-order valence-electron chi connectivity index (χ3n) is 3.36. The van der Waals surface area contributed by atoms with E-state index in [0.717, 1.165) is 5.56 Å². The van der Waals surface area contributed by atoms with E-state index in [1.54, 1.807) is 31.3 Å². The van der Waals surface area contributed by atoms with Crippen molar-refractivity contribution in [2.45, 2.75) is 6.04 Å². The quantitative estimate of drug-likeness (QED) is 0.734. The second kappa shape index (κ2) is 5.58. The number of benzene rings is 2. The fourth-order valence-electron chi connectivity index (χ4n) is 2.38. The van der Waals surface area contributed by atoms with Crippen LogP contribution in [0.4, 0.5) is 8.78 Å². The minimum atomic E-state index is -0.397. The Kier molecular flexibility index (Phi) is 3.78. The number of furan rings is 1. The Morgan fingerprint density at radius 3 is 2.62 bits per heavy atom. The molecular weight excluding hydrogens is 340 g/mol. The first-order valence-electron chi connectivity index (χ1n) is 6.40. The summed E-state index contributed by atoms with van der Waals surface area (Å²) in [6, 6.07) is 10.7. The lowest BCUT2D eigenvalue weighted by atomic mass is 10.0. The van der Waals surface area contributed by atoms with E-state index in [4.69, 9.17) is 4.42 Å². The van der Waals surface area contributed by atoms with E-state index in [1.165, 1.54) is 18.2 Å². The van der Waals surface area contributed by atoms with Crippen molar-refractivity contribution in [2.24, 2.45) is 0 Å². The number of hydrogen-bond donors (Lipinski definition) is 1. The van der Waals surface area contributed by atoms with Gasteiger partial charge >= 0.3 is 0 Å². The third kappa shape index (κ3) is 2.59. The molecule has 1 N–H and O–H groups in total. The van der Waals surface area contributed by atoms with Crippen LogP contribution in [0, 0.1) is 11.6 Å². The average molecular weight is 352 g/mol. The molecule has 1 unspecified atom stereocenters. The van der Waals surface area contributed by atoms with Crippen molar-refractivity contribution in [2.75, 3.05) is 7.05 Å². The van der Waals surface area contributed by atoms with E-state index in [1.807, 2.05) is 0 Å². The summed E-state index contributed by atoms with van der Waals surface area (Å²) in [5.41, 5.74) is 1.05. The molecule has 0 aliphatic heterocycles. The predicted octanol–water partition coefficient (Wildman–Crippen LogP) is 4.78. The molecule has 0 amide bonds. The van der Waals surface area contributed by atoms with Crippen LogP contribution < -0.4 is 5.32 Å². The molecule has 0 bridgehead atoms. The molecule has 0 saturated carbocycles. The molecule has 0 spiro atoms. The fraction of sp³-hybridized carbons (Fsp3) is 0.125. The van der Waals surface area contributed by atoms with Gasteiger partial charge in [0.05, 0.1) is 6.04 Å². The average Bonchev–Trinajstić information content (AvgIpc) is 2.87. The van der Waals surface area contributed by atoms with E-state index in [2.05, 4.69) is 21.2 Å². The third-order valence-corrected chi connectivity index (χ3v) is 4.05.